The first kappa shape index (κ1) is 18.9. The fraction of sp³-hybridized carbons (Fsp3) is 0.278. The van der Waals surface area contributed by atoms with Crippen LogP contribution in [0.2, 0.25) is 0 Å². The highest BCUT2D eigenvalue weighted by Gasteiger charge is 2.31. The molecule has 132 valence electrons. The second-order valence-electron chi connectivity index (χ2n) is 5.78. The van der Waals surface area contributed by atoms with Crippen LogP contribution >= 0.6 is 47.8 Å². The lowest BCUT2D eigenvalue weighted by molar-refractivity contribution is -0.0170. The van der Waals surface area contributed by atoms with E-state index in [4.69, 9.17) is 9.47 Å². The zero-order valence-corrected chi connectivity index (χ0v) is 18.0. The van der Waals surface area contributed by atoms with E-state index >= 15 is 0 Å². The van der Waals surface area contributed by atoms with Crippen LogP contribution in [0.15, 0.2) is 34.8 Å². The van der Waals surface area contributed by atoms with Crippen LogP contribution in [0.25, 0.3) is 0 Å². The number of ether oxygens (including phenoxy) is 2. The largest absolute Gasteiger partial charge is 0.507 e. The molecule has 0 aromatic heterocycles. The predicted molar refractivity (Wildman–Crippen MR) is 106 cm³/mol. The number of carbonyl (C=O) groups is 1. The van der Waals surface area contributed by atoms with Crippen LogP contribution < -0.4 is 4.74 Å². The minimum absolute atomic E-state index is 0.0272. The third-order valence-corrected chi connectivity index (χ3v) is 7.06. The molecule has 1 N–H and O–H groups in total. The number of fused-ring (bicyclic) bond motifs is 1. The number of Topliss-reactive ketones (excluding diaryl/α,β-unsaturated/α-hetero) is 1. The van der Waals surface area contributed by atoms with Crippen molar-refractivity contribution in [2.24, 2.45) is 0 Å². The third kappa shape index (κ3) is 3.94. The molecule has 1 aliphatic rings. The van der Waals surface area contributed by atoms with Gasteiger partial charge in [0.15, 0.2) is 12.6 Å². The summed E-state index contributed by atoms with van der Waals surface area (Å²) in [5.41, 5.74) is 2.97. The first-order valence-electron chi connectivity index (χ1n) is 7.53. The molecule has 1 aliphatic heterocycles. The highest BCUT2D eigenvalue weighted by Crippen LogP contribution is 2.43. The summed E-state index contributed by atoms with van der Waals surface area (Å²) in [4.78, 5) is 11.9. The van der Waals surface area contributed by atoms with Crippen LogP contribution in [-0.4, -0.2) is 22.5 Å². The summed E-state index contributed by atoms with van der Waals surface area (Å²) >= 11 is 10.6. The summed E-state index contributed by atoms with van der Waals surface area (Å²) in [6.45, 7) is 2.52. The van der Waals surface area contributed by atoms with E-state index in [1.807, 2.05) is 19.1 Å². The fourth-order valence-corrected chi connectivity index (χ4v) is 4.33. The van der Waals surface area contributed by atoms with Gasteiger partial charge in [-0.3, -0.25) is 4.79 Å². The zero-order valence-electron chi connectivity index (χ0n) is 13.3. The van der Waals surface area contributed by atoms with Gasteiger partial charge in [0, 0.05) is 15.6 Å². The smallest absolute Gasteiger partial charge is 0.189 e. The van der Waals surface area contributed by atoms with E-state index in [-0.39, 0.29) is 23.2 Å². The van der Waals surface area contributed by atoms with Gasteiger partial charge >= 0.3 is 0 Å². The van der Waals surface area contributed by atoms with E-state index in [1.54, 1.807) is 12.1 Å². The normalized spacial score (nSPS) is 15.8. The molecule has 0 fully saturated rings. The number of aromatic hydroxyl groups is 1. The van der Waals surface area contributed by atoms with Crippen LogP contribution in [0.3, 0.4) is 0 Å². The number of benzene rings is 2. The van der Waals surface area contributed by atoms with Crippen LogP contribution in [0, 0.1) is 6.92 Å². The van der Waals surface area contributed by atoms with E-state index in [2.05, 4.69) is 47.8 Å². The summed E-state index contributed by atoms with van der Waals surface area (Å²) in [6, 6.07) is 8.84. The van der Waals surface area contributed by atoms with Gasteiger partial charge in [0.2, 0.25) is 0 Å². The fourth-order valence-electron chi connectivity index (χ4n) is 2.70. The number of hydrogen-bond acceptors (Lipinski definition) is 4. The summed E-state index contributed by atoms with van der Waals surface area (Å²) in [7, 11) is 0. The van der Waals surface area contributed by atoms with Crippen molar-refractivity contribution in [2.75, 3.05) is 6.79 Å². The summed E-state index contributed by atoms with van der Waals surface area (Å²) in [6.07, 6.45) is 0. The van der Waals surface area contributed by atoms with Gasteiger partial charge in [-0.15, -0.1) is 0 Å². The average molecular weight is 535 g/mol. The molecule has 2 aromatic rings. The maximum absolute atomic E-state index is 12.9. The van der Waals surface area contributed by atoms with Crippen molar-refractivity contribution in [3.63, 3.8) is 0 Å². The van der Waals surface area contributed by atoms with Crippen molar-refractivity contribution in [1.29, 1.82) is 0 Å². The van der Waals surface area contributed by atoms with Crippen molar-refractivity contribution in [3.8, 4) is 11.5 Å². The molecule has 25 heavy (non-hydrogen) atoms. The molecule has 7 heteroatoms. The monoisotopic (exact) mass is 532 g/mol. The van der Waals surface area contributed by atoms with Crippen molar-refractivity contribution in [1.82, 2.24) is 0 Å². The van der Waals surface area contributed by atoms with Gasteiger partial charge in [-0.2, -0.15) is 0 Å². The van der Waals surface area contributed by atoms with Gasteiger partial charge in [-0.1, -0.05) is 59.4 Å². The lowest BCUT2D eigenvalue weighted by Gasteiger charge is -2.25. The molecule has 0 bridgehead atoms. The Kier molecular flexibility index (Phi) is 5.88. The lowest BCUT2D eigenvalue weighted by atomic mass is 9.98. The molecule has 0 aliphatic carbocycles. The van der Waals surface area contributed by atoms with Crippen LogP contribution in [0.4, 0.5) is 0 Å². The van der Waals surface area contributed by atoms with Crippen molar-refractivity contribution in [3.05, 3.63) is 57.1 Å². The molecule has 1 heterocycles. The van der Waals surface area contributed by atoms with E-state index in [0.29, 0.717) is 12.2 Å². The number of alkyl halides is 2. The standard InChI is InChI=1S/C18H15Br3O4/c1-9-2-3-14(22)12(4-9)17(23)16(21)15(20)13-6-11(19)5-10-7-24-8-25-18(10)13/h2-6,15-16,22H,7-8H2,1H3/t15-,16-/m0/s1. The molecular weight excluding hydrogens is 520 g/mol. The number of halogens is 3. The van der Waals surface area contributed by atoms with Crippen LogP contribution in [-0.2, 0) is 11.3 Å². The topological polar surface area (TPSA) is 55.8 Å². The van der Waals surface area contributed by atoms with Crippen LogP contribution in [0.1, 0.15) is 31.9 Å². The highest BCUT2D eigenvalue weighted by atomic mass is 79.9. The molecule has 0 amide bonds. The summed E-state index contributed by atoms with van der Waals surface area (Å²) < 4.78 is 11.9. The van der Waals surface area contributed by atoms with Crippen LogP contribution in [0.5, 0.6) is 11.5 Å². The SMILES string of the molecule is Cc1ccc(O)c(C(=O)[C@@H](Br)[C@@H](Br)c2cc(Br)cc3c2OCOC3)c1. The average Bonchev–Trinajstić information content (AvgIpc) is 2.61. The maximum atomic E-state index is 12.9. The lowest BCUT2D eigenvalue weighted by Crippen LogP contribution is -2.21. The second-order valence-corrected chi connectivity index (χ2v) is 8.67. The van der Waals surface area contributed by atoms with Gasteiger partial charge in [0.1, 0.15) is 11.5 Å². The Bertz CT molecular complexity index is 822. The Labute approximate surface area is 170 Å². The molecule has 0 spiro atoms. The Morgan fingerprint density at radius 1 is 1.24 bits per heavy atom. The minimum Gasteiger partial charge on any atom is -0.507 e. The van der Waals surface area contributed by atoms with Gasteiger partial charge in [-0.25, -0.2) is 0 Å². The molecule has 0 saturated carbocycles. The summed E-state index contributed by atoms with van der Waals surface area (Å²) in [5, 5.41) is 10.0. The molecule has 4 nitrogen and oxygen atoms in total. The molecule has 2 atom stereocenters. The third-order valence-electron chi connectivity index (χ3n) is 3.93. The van der Waals surface area contributed by atoms with Gasteiger partial charge < -0.3 is 14.6 Å². The Morgan fingerprint density at radius 2 is 2.00 bits per heavy atom. The van der Waals surface area contributed by atoms with Crippen molar-refractivity contribution >= 4 is 53.6 Å². The maximum Gasteiger partial charge on any atom is 0.189 e. The van der Waals surface area contributed by atoms with E-state index in [1.165, 1.54) is 6.07 Å². The zero-order chi connectivity index (χ0) is 18.1. The Balaban J connectivity index is 1.95. The number of phenols is 1. The first-order valence-corrected chi connectivity index (χ1v) is 10.2. The van der Waals surface area contributed by atoms with Gasteiger partial charge in [-0.05, 0) is 31.2 Å². The van der Waals surface area contributed by atoms with E-state index < -0.39 is 4.83 Å². The molecule has 0 saturated heterocycles. The number of hydrogen-bond donors (Lipinski definition) is 1. The quantitative estimate of drug-likeness (QED) is 0.421. The van der Waals surface area contributed by atoms with E-state index in [9.17, 15) is 9.90 Å². The number of carbonyl (C=O) groups excluding carboxylic acids is 1. The molecule has 3 rings (SSSR count). The Morgan fingerprint density at radius 3 is 2.76 bits per heavy atom. The van der Waals surface area contributed by atoms with Crippen molar-refractivity contribution < 1.29 is 19.4 Å². The minimum atomic E-state index is -0.579. The molecule has 0 radical (unpaired) electrons. The Hall–Kier alpha value is -0.890. The van der Waals surface area contributed by atoms with E-state index in [0.717, 1.165) is 26.9 Å². The molecule has 0 unspecified atom stereocenters. The molecule has 2 aromatic carbocycles. The number of phenolic OH excluding ortho intramolecular Hbond substituents is 1. The highest BCUT2D eigenvalue weighted by molar-refractivity contribution is 9.12. The van der Waals surface area contributed by atoms with Crippen molar-refractivity contribution in [2.45, 2.75) is 23.2 Å². The van der Waals surface area contributed by atoms with Gasteiger partial charge in [0.25, 0.3) is 0 Å². The number of aryl methyl sites for hydroxylation is 1. The summed E-state index contributed by atoms with van der Waals surface area (Å²) in [5.74, 6) is 0.492. The molecular formula is C18H15Br3O4. The first-order chi connectivity index (χ1) is 11.9. The number of ketones is 1. The number of rotatable bonds is 4. The van der Waals surface area contributed by atoms with Gasteiger partial charge in [0.05, 0.1) is 21.8 Å². The second kappa shape index (κ2) is 7.78. The predicted octanol–water partition coefficient (Wildman–Crippen LogP) is 5.41.